The number of anilines is 1. The van der Waals surface area contributed by atoms with E-state index in [1.165, 1.54) is 0 Å². The average Bonchev–Trinajstić information content (AvgIpc) is 2.98. The van der Waals surface area contributed by atoms with Gasteiger partial charge in [-0.15, -0.1) is 0 Å². The molecular formula is C23H20ClNO4. The van der Waals surface area contributed by atoms with Gasteiger partial charge in [-0.05, 0) is 29.8 Å². The van der Waals surface area contributed by atoms with E-state index in [1.807, 2.05) is 42.5 Å². The van der Waals surface area contributed by atoms with E-state index in [2.05, 4.69) is 5.32 Å². The number of nitrogens with one attached hydrogen (secondary N) is 1. The van der Waals surface area contributed by atoms with Gasteiger partial charge >= 0.3 is 0 Å². The largest absolute Gasteiger partial charge is 0.490 e. The molecular weight excluding hydrogens is 390 g/mol. The lowest BCUT2D eigenvalue weighted by Crippen LogP contribution is -2.12. The molecule has 5 nitrogen and oxygen atoms in total. The fourth-order valence-corrected chi connectivity index (χ4v) is 3.11. The third-order valence-corrected chi connectivity index (χ3v) is 4.76. The normalized spacial score (nSPS) is 12.7. The van der Waals surface area contributed by atoms with Gasteiger partial charge in [0.2, 0.25) is 0 Å². The van der Waals surface area contributed by atoms with Crippen molar-refractivity contribution < 1.29 is 19.0 Å². The zero-order valence-electron chi connectivity index (χ0n) is 15.7. The standard InChI is InChI=1S/C23H20ClNO4/c24-19-13-21-22(28-12-4-11-27-21)14-20(19)25-23(26)17-9-7-16(8-10-17)15-29-18-5-2-1-3-6-18/h1-3,5-10,13-14H,4,11-12,15H2,(H,25,26). The summed E-state index contributed by atoms with van der Waals surface area (Å²) >= 11 is 6.30. The fraction of sp³-hybridized carbons (Fsp3) is 0.174. The van der Waals surface area contributed by atoms with Gasteiger partial charge in [0.1, 0.15) is 12.4 Å². The molecule has 1 aliphatic rings. The highest BCUT2D eigenvalue weighted by atomic mass is 35.5. The number of benzene rings is 3. The van der Waals surface area contributed by atoms with Gasteiger partial charge in [-0.25, -0.2) is 0 Å². The predicted octanol–water partition coefficient (Wildman–Crippen LogP) is 5.33. The van der Waals surface area contributed by atoms with E-state index < -0.39 is 0 Å². The molecule has 0 saturated carbocycles. The molecule has 29 heavy (non-hydrogen) atoms. The third-order valence-electron chi connectivity index (χ3n) is 4.45. The minimum atomic E-state index is -0.253. The lowest BCUT2D eigenvalue weighted by molar-refractivity contribution is 0.102. The van der Waals surface area contributed by atoms with Gasteiger partial charge in [0, 0.05) is 24.1 Å². The molecule has 1 heterocycles. The Kier molecular flexibility index (Phi) is 5.86. The highest BCUT2D eigenvalue weighted by Gasteiger charge is 2.16. The van der Waals surface area contributed by atoms with E-state index in [0.717, 1.165) is 17.7 Å². The molecule has 4 rings (SSSR count). The fourth-order valence-electron chi connectivity index (χ4n) is 2.91. The molecule has 0 radical (unpaired) electrons. The van der Waals surface area contributed by atoms with E-state index >= 15 is 0 Å². The highest BCUT2D eigenvalue weighted by Crippen LogP contribution is 2.37. The van der Waals surface area contributed by atoms with Crippen LogP contribution in [0.4, 0.5) is 5.69 Å². The number of rotatable bonds is 5. The van der Waals surface area contributed by atoms with E-state index in [9.17, 15) is 4.79 Å². The zero-order chi connectivity index (χ0) is 20.1. The predicted molar refractivity (Wildman–Crippen MR) is 112 cm³/mol. The van der Waals surface area contributed by atoms with Crippen molar-refractivity contribution in [1.29, 1.82) is 0 Å². The summed E-state index contributed by atoms with van der Waals surface area (Å²) in [7, 11) is 0. The zero-order valence-corrected chi connectivity index (χ0v) is 16.4. The van der Waals surface area contributed by atoms with Crippen molar-refractivity contribution in [3.8, 4) is 17.2 Å². The van der Waals surface area contributed by atoms with Crippen molar-refractivity contribution in [2.75, 3.05) is 18.5 Å². The molecule has 0 aromatic heterocycles. The highest BCUT2D eigenvalue weighted by molar-refractivity contribution is 6.34. The Bertz CT molecular complexity index is 990. The number of para-hydroxylation sites is 1. The van der Waals surface area contributed by atoms with Crippen LogP contribution in [0.15, 0.2) is 66.7 Å². The van der Waals surface area contributed by atoms with E-state index in [1.54, 1.807) is 24.3 Å². The molecule has 0 spiro atoms. The second kappa shape index (κ2) is 8.88. The molecule has 6 heteroatoms. The number of carbonyl (C=O) groups is 1. The summed E-state index contributed by atoms with van der Waals surface area (Å²) in [4.78, 5) is 12.6. The second-order valence-corrected chi connectivity index (χ2v) is 6.99. The first kappa shape index (κ1) is 19.2. The monoisotopic (exact) mass is 409 g/mol. The molecule has 0 atom stereocenters. The molecule has 0 bridgehead atoms. The van der Waals surface area contributed by atoms with Crippen LogP contribution in [0, 0.1) is 0 Å². The molecule has 0 fully saturated rings. The molecule has 3 aromatic carbocycles. The first-order valence-electron chi connectivity index (χ1n) is 9.36. The Morgan fingerprint density at radius 1 is 0.966 bits per heavy atom. The van der Waals surface area contributed by atoms with Gasteiger partial charge in [0.05, 0.1) is 23.9 Å². The molecule has 1 amide bonds. The number of halogens is 1. The van der Waals surface area contributed by atoms with Gasteiger partial charge in [0.25, 0.3) is 5.91 Å². The Hall–Kier alpha value is -3.18. The quantitative estimate of drug-likeness (QED) is 0.618. The number of carbonyl (C=O) groups excluding carboxylic acids is 1. The van der Waals surface area contributed by atoms with E-state index in [0.29, 0.717) is 47.6 Å². The topological polar surface area (TPSA) is 56.8 Å². The van der Waals surface area contributed by atoms with Crippen LogP contribution in [0.2, 0.25) is 5.02 Å². The third kappa shape index (κ3) is 4.81. The number of ether oxygens (including phenoxy) is 3. The van der Waals surface area contributed by atoms with Crippen molar-refractivity contribution in [2.45, 2.75) is 13.0 Å². The number of hydrogen-bond donors (Lipinski definition) is 1. The Morgan fingerprint density at radius 2 is 1.66 bits per heavy atom. The van der Waals surface area contributed by atoms with E-state index in [-0.39, 0.29) is 5.91 Å². The second-order valence-electron chi connectivity index (χ2n) is 6.58. The maximum atomic E-state index is 12.6. The molecule has 3 aromatic rings. The maximum absolute atomic E-state index is 12.6. The smallest absolute Gasteiger partial charge is 0.255 e. The van der Waals surface area contributed by atoms with Crippen molar-refractivity contribution in [3.05, 3.63) is 82.9 Å². The number of fused-ring (bicyclic) bond motifs is 1. The van der Waals surface area contributed by atoms with Gasteiger partial charge in [-0.1, -0.05) is 41.9 Å². The minimum absolute atomic E-state index is 0.253. The molecule has 0 aliphatic carbocycles. The van der Waals surface area contributed by atoms with Crippen molar-refractivity contribution >= 4 is 23.2 Å². The van der Waals surface area contributed by atoms with Crippen LogP contribution in [-0.2, 0) is 6.61 Å². The summed E-state index contributed by atoms with van der Waals surface area (Å²) in [6.07, 6.45) is 0.800. The van der Waals surface area contributed by atoms with Crippen LogP contribution < -0.4 is 19.5 Å². The van der Waals surface area contributed by atoms with Crippen molar-refractivity contribution in [3.63, 3.8) is 0 Å². The van der Waals surface area contributed by atoms with Crippen molar-refractivity contribution in [2.24, 2.45) is 0 Å². The van der Waals surface area contributed by atoms with Gasteiger partial charge in [-0.3, -0.25) is 4.79 Å². The SMILES string of the molecule is O=C(Nc1cc2c(cc1Cl)OCCCO2)c1ccc(COc2ccccc2)cc1. The first-order chi connectivity index (χ1) is 14.2. The molecule has 0 saturated heterocycles. The van der Waals surface area contributed by atoms with Crippen LogP contribution in [0.25, 0.3) is 0 Å². The molecule has 148 valence electrons. The molecule has 1 N–H and O–H groups in total. The van der Waals surface area contributed by atoms with Crippen LogP contribution in [0.3, 0.4) is 0 Å². The Balaban J connectivity index is 1.41. The van der Waals surface area contributed by atoms with Crippen LogP contribution in [0.1, 0.15) is 22.3 Å². The first-order valence-corrected chi connectivity index (χ1v) is 9.74. The van der Waals surface area contributed by atoms with Crippen LogP contribution >= 0.6 is 11.6 Å². The summed E-state index contributed by atoms with van der Waals surface area (Å²) in [6, 6.07) is 20.2. The van der Waals surface area contributed by atoms with Crippen molar-refractivity contribution in [1.82, 2.24) is 0 Å². The Labute approximate surface area is 174 Å². The van der Waals surface area contributed by atoms with E-state index in [4.69, 9.17) is 25.8 Å². The summed E-state index contributed by atoms with van der Waals surface area (Å²) < 4.78 is 17.0. The van der Waals surface area contributed by atoms with Gasteiger partial charge in [-0.2, -0.15) is 0 Å². The number of amides is 1. The summed E-state index contributed by atoms with van der Waals surface area (Å²) in [5, 5.41) is 3.24. The lowest BCUT2D eigenvalue weighted by Gasteiger charge is -2.13. The van der Waals surface area contributed by atoms with Crippen LogP contribution in [-0.4, -0.2) is 19.1 Å². The summed E-state index contributed by atoms with van der Waals surface area (Å²) in [6.45, 7) is 1.57. The summed E-state index contributed by atoms with van der Waals surface area (Å²) in [5.74, 6) is 1.72. The average molecular weight is 410 g/mol. The summed E-state index contributed by atoms with van der Waals surface area (Å²) in [5.41, 5.74) is 1.98. The maximum Gasteiger partial charge on any atom is 0.255 e. The molecule has 0 unspecified atom stereocenters. The Morgan fingerprint density at radius 3 is 2.38 bits per heavy atom. The van der Waals surface area contributed by atoms with Crippen LogP contribution in [0.5, 0.6) is 17.2 Å². The van der Waals surface area contributed by atoms with Gasteiger partial charge in [0.15, 0.2) is 11.5 Å². The number of hydrogen-bond acceptors (Lipinski definition) is 4. The lowest BCUT2D eigenvalue weighted by atomic mass is 10.1. The van der Waals surface area contributed by atoms with Gasteiger partial charge < -0.3 is 19.5 Å². The minimum Gasteiger partial charge on any atom is -0.490 e. The molecule has 1 aliphatic heterocycles.